The van der Waals surface area contributed by atoms with Gasteiger partial charge in [0.05, 0.1) is 5.52 Å². The highest BCUT2D eigenvalue weighted by Gasteiger charge is 2.20. The Morgan fingerprint density at radius 3 is 2.58 bits per heavy atom. The van der Waals surface area contributed by atoms with Crippen LogP contribution in [-0.4, -0.2) is 10.8 Å². The summed E-state index contributed by atoms with van der Waals surface area (Å²) in [7, 11) is 0. The highest BCUT2D eigenvalue weighted by atomic mass is 16.1. The second kappa shape index (κ2) is 6.41. The lowest BCUT2D eigenvalue weighted by molar-refractivity contribution is 0.103. The fraction of sp³-hybridized carbons (Fsp3) is 0.217. The Balaban J connectivity index is 1.97. The molecule has 1 N–H and O–H groups in total. The third-order valence-corrected chi connectivity index (χ3v) is 5.19. The maximum atomic E-state index is 13.2. The summed E-state index contributed by atoms with van der Waals surface area (Å²) >= 11 is 0. The van der Waals surface area contributed by atoms with Crippen molar-refractivity contribution in [1.82, 2.24) is 4.98 Å². The number of rotatable bonds is 3. The number of allylic oxidation sites excluding steroid dienone is 4. The first-order chi connectivity index (χ1) is 12.6. The zero-order valence-electron chi connectivity index (χ0n) is 15.1. The molecule has 0 bridgehead atoms. The largest absolute Gasteiger partial charge is 0.354 e. The van der Waals surface area contributed by atoms with E-state index in [4.69, 9.17) is 0 Å². The van der Waals surface area contributed by atoms with E-state index in [2.05, 4.69) is 11.1 Å². The van der Waals surface area contributed by atoms with Gasteiger partial charge < -0.3 is 4.98 Å². The van der Waals surface area contributed by atoms with Gasteiger partial charge in [-0.05, 0) is 61.6 Å². The van der Waals surface area contributed by atoms with Gasteiger partial charge in [0.15, 0.2) is 11.2 Å². The van der Waals surface area contributed by atoms with Crippen LogP contribution in [0.15, 0.2) is 64.5 Å². The van der Waals surface area contributed by atoms with Crippen LogP contribution in [0.4, 0.5) is 0 Å². The standard InChI is InChI=1S/C23H21NO2/c1-3-15-12-19-21(24-20-11-7-6-10-17(20)23(19)26)13-18(15)22(25)16-9-5-4-8-14(16)2/h6-13H,3-5H2,1-2H3,(H,24,26). The van der Waals surface area contributed by atoms with Crippen LogP contribution in [-0.2, 0) is 6.42 Å². The van der Waals surface area contributed by atoms with E-state index in [1.165, 1.54) is 0 Å². The van der Waals surface area contributed by atoms with Crippen LogP contribution in [0.5, 0.6) is 0 Å². The average Bonchev–Trinajstić information content (AvgIpc) is 2.67. The number of fused-ring (bicyclic) bond motifs is 2. The predicted octanol–water partition coefficient (Wildman–Crippen LogP) is 5.09. The molecule has 1 aromatic heterocycles. The monoisotopic (exact) mass is 343 g/mol. The van der Waals surface area contributed by atoms with Gasteiger partial charge in [0.25, 0.3) is 0 Å². The smallest absolute Gasteiger partial charge is 0.197 e. The summed E-state index contributed by atoms with van der Waals surface area (Å²) in [5.41, 5.74) is 4.95. The van der Waals surface area contributed by atoms with Crippen LogP contribution >= 0.6 is 0 Å². The molecule has 0 amide bonds. The number of carbonyl (C=O) groups excluding carboxylic acids is 1. The second-order valence-electron chi connectivity index (χ2n) is 6.82. The van der Waals surface area contributed by atoms with E-state index in [1.807, 2.05) is 56.3 Å². The molecule has 4 rings (SSSR count). The summed E-state index contributed by atoms with van der Waals surface area (Å²) in [4.78, 5) is 29.4. The molecule has 0 saturated carbocycles. The molecular weight excluding hydrogens is 322 g/mol. The lowest BCUT2D eigenvalue weighted by atomic mass is 9.89. The summed E-state index contributed by atoms with van der Waals surface area (Å²) < 4.78 is 0. The Bertz CT molecular complexity index is 1160. The lowest BCUT2D eigenvalue weighted by Gasteiger charge is -2.15. The fourth-order valence-electron chi connectivity index (χ4n) is 3.74. The number of nitrogens with one attached hydrogen (secondary N) is 1. The Morgan fingerprint density at radius 1 is 1.04 bits per heavy atom. The molecule has 0 radical (unpaired) electrons. The molecule has 0 saturated heterocycles. The van der Waals surface area contributed by atoms with Crippen molar-refractivity contribution in [2.75, 3.05) is 0 Å². The van der Waals surface area contributed by atoms with E-state index in [1.54, 1.807) is 0 Å². The molecule has 0 atom stereocenters. The van der Waals surface area contributed by atoms with Crippen molar-refractivity contribution in [1.29, 1.82) is 0 Å². The van der Waals surface area contributed by atoms with Crippen LogP contribution < -0.4 is 5.43 Å². The third-order valence-electron chi connectivity index (χ3n) is 5.19. The van der Waals surface area contributed by atoms with E-state index in [0.717, 1.165) is 35.1 Å². The van der Waals surface area contributed by atoms with Crippen molar-refractivity contribution in [2.24, 2.45) is 0 Å². The maximum Gasteiger partial charge on any atom is 0.197 e. The number of hydrogen-bond donors (Lipinski definition) is 1. The summed E-state index contributed by atoms with van der Waals surface area (Å²) in [6, 6.07) is 11.2. The van der Waals surface area contributed by atoms with Gasteiger partial charge in [-0.3, -0.25) is 9.59 Å². The zero-order valence-corrected chi connectivity index (χ0v) is 15.1. The molecule has 0 spiro atoms. The molecule has 0 aliphatic heterocycles. The van der Waals surface area contributed by atoms with Crippen LogP contribution in [0.3, 0.4) is 0 Å². The first-order valence-corrected chi connectivity index (χ1v) is 9.09. The number of hydrogen-bond acceptors (Lipinski definition) is 2. The van der Waals surface area contributed by atoms with Gasteiger partial charge in [0.1, 0.15) is 0 Å². The van der Waals surface area contributed by atoms with E-state index < -0.39 is 0 Å². The number of para-hydroxylation sites is 1. The van der Waals surface area contributed by atoms with Crippen molar-refractivity contribution < 1.29 is 4.79 Å². The first kappa shape index (κ1) is 16.5. The maximum absolute atomic E-state index is 13.2. The number of benzene rings is 2. The van der Waals surface area contributed by atoms with Gasteiger partial charge in [0.2, 0.25) is 0 Å². The second-order valence-corrected chi connectivity index (χ2v) is 6.82. The summed E-state index contributed by atoms with van der Waals surface area (Å²) in [6.45, 7) is 4.01. The zero-order chi connectivity index (χ0) is 18.3. The summed E-state index contributed by atoms with van der Waals surface area (Å²) in [6.07, 6.45) is 6.74. The van der Waals surface area contributed by atoms with Gasteiger partial charge in [-0.1, -0.05) is 31.2 Å². The van der Waals surface area contributed by atoms with Gasteiger partial charge >= 0.3 is 0 Å². The normalized spacial score (nSPS) is 14.4. The van der Waals surface area contributed by atoms with Crippen LogP contribution in [0.2, 0.25) is 0 Å². The molecule has 26 heavy (non-hydrogen) atoms. The van der Waals surface area contributed by atoms with E-state index in [0.29, 0.717) is 28.3 Å². The van der Waals surface area contributed by atoms with Crippen molar-refractivity contribution in [3.63, 3.8) is 0 Å². The minimum absolute atomic E-state index is 0.0102. The number of ketones is 1. The Labute approximate surface area is 152 Å². The van der Waals surface area contributed by atoms with Crippen LogP contribution in [0.25, 0.3) is 21.8 Å². The number of pyridine rings is 1. The number of aromatic nitrogens is 1. The lowest BCUT2D eigenvalue weighted by Crippen LogP contribution is -2.12. The molecule has 3 nitrogen and oxygen atoms in total. The Morgan fingerprint density at radius 2 is 1.81 bits per heavy atom. The Kier molecular flexibility index (Phi) is 4.08. The number of aryl methyl sites for hydroxylation is 1. The van der Waals surface area contributed by atoms with Gasteiger partial charge in [0, 0.05) is 27.4 Å². The highest BCUT2D eigenvalue weighted by molar-refractivity contribution is 6.14. The number of aromatic amines is 1. The van der Waals surface area contributed by atoms with E-state index in [-0.39, 0.29) is 11.2 Å². The van der Waals surface area contributed by atoms with Gasteiger partial charge in [-0.25, -0.2) is 0 Å². The van der Waals surface area contributed by atoms with Crippen molar-refractivity contribution in [3.8, 4) is 0 Å². The Hall–Kier alpha value is -2.94. The summed E-state index contributed by atoms with van der Waals surface area (Å²) in [5.74, 6) is 0.0474. The van der Waals surface area contributed by atoms with Crippen LogP contribution in [0, 0.1) is 0 Å². The molecule has 3 aromatic rings. The highest BCUT2D eigenvalue weighted by Crippen LogP contribution is 2.27. The molecule has 0 fully saturated rings. The minimum Gasteiger partial charge on any atom is -0.354 e. The minimum atomic E-state index is 0.0102. The summed E-state index contributed by atoms with van der Waals surface area (Å²) in [5, 5.41) is 1.32. The van der Waals surface area contributed by atoms with Gasteiger partial charge in [-0.15, -0.1) is 0 Å². The first-order valence-electron chi connectivity index (χ1n) is 9.09. The topological polar surface area (TPSA) is 49.9 Å². The fourth-order valence-corrected chi connectivity index (χ4v) is 3.74. The molecule has 130 valence electrons. The molecule has 1 aliphatic carbocycles. The van der Waals surface area contributed by atoms with E-state index in [9.17, 15) is 9.59 Å². The SMILES string of the molecule is CCc1cc2c(=O)c3ccccc3[nH]c2cc1C(=O)C1=CCCC=C1C. The molecule has 1 aliphatic rings. The number of Topliss-reactive ketones (excluding diaryl/α,β-unsaturated/α-hetero) is 1. The van der Waals surface area contributed by atoms with Gasteiger partial charge in [-0.2, -0.15) is 0 Å². The molecule has 2 aromatic carbocycles. The molecule has 1 heterocycles. The quantitative estimate of drug-likeness (QED) is 0.532. The van der Waals surface area contributed by atoms with Crippen molar-refractivity contribution >= 4 is 27.6 Å². The molecule has 3 heteroatoms. The molecular formula is C23H21NO2. The van der Waals surface area contributed by atoms with Crippen molar-refractivity contribution in [3.05, 3.63) is 81.0 Å². The van der Waals surface area contributed by atoms with E-state index >= 15 is 0 Å². The predicted molar refractivity (Wildman–Crippen MR) is 107 cm³/mol. The third kappa shape index (κ3) is 2.60. The van der Waals surface area contributed by atoms with Crippen LogP contribution in [0.1, 0.15) is 42.6 Å². The van der Waals surface area contributed by atoms with Crippen molar-refractivity contribution in [2.45, 2.75) is 33.1 Å². The number of carbonyl (C=O) groups is 1. The molecule has 0 unspecified atom stereocenters. The number of H-pyrrole nitrogens is 1. The average molecular weight is 343 g/mol.